The number of amides is 1. The Kier molecular flexibility index (Phi) is 8.45. The molecule has 1 fully saturated rings. The zero-order valence-electron chi connectivity index (χ0n) is 12.1. The van der Waals surface area contributed by atoms with Gasteiger partial charge in [-0.25, -0.2) is 0 Å². The number of ether oxygens (including phenoxy) is 1. The summed E-state index contributed by atoms with van der Waals surface area (Å²) in [4.78, 5) is 16.4. The van der Waals surface area contributed by atoms with Gasteiger partial charge in [0, 0.05) is 39.3 Å². The van der Waals surface area contributed by atoms with E-state index >= 15 is 0 Å². The highest BCUT2D eigenvalue weighted by atomic mass is 32.2. The molecule has 1 aliphatic rings. The molecule has 2 N–H and O–H groups in total. The quantitative estimate of drug-likeness (QED) is 0.649. The van der Waals surface area contributed by atoms with Crippen LogP contribution in [0.15, 0.2) is 0 Å². The van der Waals surface area contributed by atoms with Crippen molar-refractivity contribution in [3.8, 4) is 0 Å². The standard InChI is InChI=1S/C13H27N3O2S/c1-3-18-10-9-15-5-7-16(8-6-15)13(17)12(14)4-11-19-2/h12H,3-11,14H2,1-2H3/t12-/m0/s1. The molecule has 5 nitrogen and oxygen atoms in total. The van der Waals surface area contributed by atoms with Crippen LogP contribution in [-0.4, -0.2) is 79.7 Å². The van der Waals surface area contributed by atoms with Crippen LogP contribution in [0.3, 0.4) is 0 Å². The molecule has 0 aromatic rings. The van der Waals surface area contributed by atoms with E-state index in [0.29, 0.717) is 0 Å². The molecule has 1 heterocycles. The van der Waals surface area contributed by atoms with Crippen LogP contribution in [0, 0.1) is 0 Å². The van der Waals surface area contributed by atoms with E-state index < -0.39 is 0 Å². The van der Waals surface area contributed by atoms with Crippen molar-refractivity contribution in [2.24, 2.45) is 5.73 Å². The lowest BCUT2D eigenvalue weighted by Crippen LogP contribution is -2.53. The van der Waals surface area contributed by atoms with Gasteiger partial charge in [-0.05, 0) is 25.4 Å². The molecule has 0 aliphatic carbocycles. The molecule has 19 heavy (non-hydrogen) atoms. The van der Waals surface area contributed by atoms with Crippen molar-refractivity contribution in [1.82, 2.24) is 9.80 Å². The number of thioether (sulfide) groups is 1. The zero-order valence-corrected chi connectivity index (χ0v) is 13.0. The predicted molar refractivity (Wildman–Crippen MR) is 80.5 cm³/mol. The Balaban J connectivity index is 2.23. The first-order valence-electron chi connectivity index (χ1n) is 7.02. The van der Waals surface area contributed by atoms with Gasteiger partial charge in [-0.3, -0.25) is 9.69 Å². The maximum absolute atomic E-state index is 12.1. The summed E-state index contributed by atoms with van der Waals surface area (Å²) in [6.45, 7) is 7.93. The molecule has 0 unspecified atom stereocenters. The SMILES string of the molecule is CCOCCN1CCN(C(=O)[C@@H](N)CCSC)CC1. The van der Waals surface area contributed by atoms with Gasteiger partial charge in [0.15, 0.2) is 0 Å². The molecule has 1 atom stereocenters. The topological polar surface area (TPSA) is 58.8 Å². The lowest BCUT2D eigenvalue weighted by Gasteiger charge is -2.35. The minimum atomic E-state index is -0.331. The Hall–Kier alpha value is -0.300. The summed E-state index contributed by atoms with van der Waals surface area (Å²) in [5, 5.41) is 0. The Labute approximate surface area is 120 Å². The number of piperazine rings is 1. The van der Waals surface area contributed by atoms with Gasteiger partial charge in [-0.15, -0.1) is 0 Å². The molecule has 0 aromatic carbocycles. The normalized spacial score (nSPS) is 18.6. The molecule has 112 valence electrons. The summed E-state index contributed by atoms with van der Waals surface area (Å²) in [5.41, 5.74) is 5.93. The second kappa shape index (κ2) is 9.58. The van der Waals surface area contributed by atoms with Crippen LogP contribution >= 0.6 is 11.8 Å². The van der Waals surface area contributed by atoms with Gasteiger partial charge in [0.05, 0.1) is 12.6 Å². The Bertz CT molecular complexity index is 258. The fraction of sp³-hybridized carbons (Fsp3) is 0.923. The van der Waals surface area contributed by atoms with E-state index in [2.05, 4.69) is 4.90 Å². The molecular weight excluding hydrogens is 262 g/mol. The number of rotatable bonds is 8. The third-order valence-corrected chi connectivity index (χ3v) is 4.03. The van der Waals surface area contributed by atoms with Crippen molar-refractivity contribution < 1.29 is 9.53 Å². The van der Waals surface area contributed by atoms with Crippen molar-refractivity contribution in [3.63, 3.8) is 0 Å². The van der Waals surface area contributed by atoms with E-state index in [-0.39, 0.29) is 11.9 Å². The van der Waals surface area contributed by atoms with Crippen LogP contribution in [0.25, 0.3) is 0 Å². The molecule has 6 heteroatoms. The molecule has 0 aromatic heterocycles. The van der Waals surface area contributed by atoms with E-state index in [1.807, 2.05) is 18.1 Å². The molecule has 1 saturated heterocycles. The summed E-state index contributed by atoms with van der Waals surface area (Å²) in [6, 6.07) is -0.331. The van der Waals surface area contributed by atoms with Gasteiger partial charge in [-0.1, -0.05) is 0 Å². The fourth-order valence-electron chi connectivity index (χ4n) is 2.13. The van der Waals surface area contributed by atoms with E-state index in [1.54, 1.807) is 11.8 Å². The first kappa shape index (κ1) is 16.8. The minimum absolute atomic E-state index is 0.110. The van der Waals surface area contributed by atoms with Crippen LogP contribution in [0.1, 0.15) is 13.3 Å². The third-order valence-electron chi connectivity index (χ3n) is 3.39. The largest absolute Gasteiger partial charge is 0.380 e. The fourth-order valence-corrected chi connectivity index (χ4v) is 2.62. The zero-order chi connectivity index (χ0) is 14.1. The summed E-state index contributed by atoms with van der Waals surface area (Å²) >= 11 is 1.73. The monoisotopic (exact) mass is 289 g/mol. The maximum Gasteiger partial charge on any atom is 0.239 e. The predicted octanol–water partition coefficient (Wildman–Crippen LogP) is 0.248. The van der Waals surface area contributed by atoms with E-state index in [0.717, 1.165) is 58.1 Å². The second-order valence-electron chi connectivity index (χ2n) is 4.75. The molecule has 1 rings (SSSR count). The smallest absolute Gasteiger partial charge is 0.239 e. The highest BCUT2D eigenvalue weighted by Crippen LogP contribution is 2.06. The van der Waals surface area contributed by atoms with Crippen molar-refractivity contribution in [2.75, 3.05) is 57.9 Å². The first-order valence-corrected chi connectivity index (χ1v) is 8.41. The number of nitrogens with two attached hydrogens (primary N) is 1. The van der Waals surface area contributed by atoms with Crippen LogP contribution in [0.2, 0.25) is 0 Å². The van der Waals surface area contributed by atoms with Crippen LogP contribution in [0.5, 0.6) is 0 Å². The van der Waals surface area contributed by atoms with Crippen molar-refractivity contribution in [3.05, 3.63) is 0 Å². The highest BCUT2D eigenvalue weighted by Gasteiger charge is 2.24. The van der Waals surface area contributed by atoms with Crippen molar-refractivity contribution >= 4 is 17.7 Å². The average Bonchev–Trinajstić information content (AvgIpc) is 2.45. The van der Waals surface area contributed by atoms with E-state index in [1.165, 1.54) is 0 Å². The molecular formula is C13H27N3O2S. The lowest BCUT2D eigenvalue weighted by molar-refractivity contribution is -0.134. The third kappa shape index (κ3) is 6.12. The lowest BCUT2D eigenvalue weighted by atomic mass is 10.2. The van der Waals surface area contributed by atoms with Gasteiger partial charge in [0.2, 0.25) is 5.91 Å². The van der Waals surface area contributed by atoms with Gasteiger partial charge in [0.1, 0.15) is 0 Å². The molecule has 0 radical (unpaired) electrons. The van der Waals surface area contributed by atoms with Gasteiger partial charge < -0.3 is 15.4 Å². The molecule has 0 spiro atoms. The van der Waals surface area contributed by atoms with Gasteiger partial charge in [0.25, 0.3) is 0 Å². The first-order chi connectivity index (χ1) is 9.19. The summed E-state index contributed by atoms with van der Waals surface area (Å²) in [7, 11) is 0. The molecule has 1 amide bonds. The number of hydrogen-bond acceptors (Lipinski definition) is 5. The second-order valence-corrected chi connectivity index (χ2v) is 5.74. The Morgan fingerprint density at radius 2 is 2.05 bits per heavy atom. The Morgan fingerprint density at radius 1 is 1.37 bits per heavy atom. The van der Waals surface area contributed by atoms with Crippen LogP contribution in [-0.2, 0) is 9.53 Å². The Morgan fingerprint density at radius 3 is 2.63 bits per heavy atom. The molecule has 0 bridgehead atoms. The van der Waals surface area contributed by atoms with E-state index in [9.17, 15) is 4.79 Å². The van der Waals surface area contributed by atoms with Gasteiger partial charge >= 0.3 is 0 Å². The number of carbonyl (C=O) groups excluding carboxylic acids is 1. The minimum Gasteiger partial charge on any atom is -0.380 e. The average molecular weight is 289 g/mol. The van der Waals surface area contributed by atoms with Crippen molar-refractivity contribution in [2.45, 2.75) is 19.4 Å². The number of carbonyl (C=O) groups is 1. The molecule has 0 saturated carbocycles. The van der Waals surface area contributed by atoms with Crippen LogP contribution < -0.4 is 5.73 Å². The number of nitrogens with zero attached hydrogens (tertiary/aromatic N) is 2. The summed E-state index contributed by atoms with van der Waals surface area (Å²) < 4.78 is 5.35. The van der Waals surface area contributed by atoms with E-state index in [4.69, 9.17) is 10.5 Å². The molecule has 1 aliphatic heterocycles. The van der Waals surface area contributed by atoms with Crippen molar-refractivity contribution in [1.29, 1.82) is 0 Å². The van der Waals surface area contributed by atoms with Gasteiger partial charge in [-0.2, -0.15) is 11.8 Å². The maximum atomic E-state index is 12.1. The summed E-state index contributed by atoms with van der Waals surface area (Å²) in [5.74, 6) is 1.06. The van der Waals surface area contributed by atoms with Crippen LogP contribution in [0.4, 0.5) is 0 Å². The highest BCUT2D eigenvalue weighted by molar-refractivity contribution is 7.98. The number of hydrogen-bond donors (Lipinski definition) is 1. The summed E-state index contributed by atoms with van der Waals surface area (Å²) in [6.07, 6.45) is 2.80.